The van der Waals surface area contributed by atoms with Crippen LogP contribution in [0, 0.1) is 0 Å². The molecule has 3 heteroatoms. The summed E-state index contributed by atoms with van der Waals surface area (Å²) in [4.78, 5) is 6.48. The average molecular weight is 249 g/mol. The molecular weight excluding hydrogens is 222 g/mol. The van der Waals surface area contributed by atoms with Crippen molar-refractivity contribution in [2.75, 3.05) is 28.2 Å². The first-order valence-electron chi connectivity index (χ1n) is 6.35. The highest BCUT2D eigenvalue weighted by molar-refractivity contribution is 6.14. The number of hydrogen-bond acceptors (Lipinski definition) is 3. The molecule has 18 heavy (non-hydrogen) atoms. The van der Waals surface area contributed by atoms with Gasteiger partial charge in [0.25, 0.3) is 0 Å². The molecule has 0 saturated heterocycles. The molecule has 0 rings (SSSR count). The zero-order valence-corrected chi connectivity index (χ0v) is 12.8. The Morgan fingerprint density at radius 3 is 2.28 bits per heavy atom. The number of nitrogens with zero attached hydrogens (tertiary/aromatic N) is 2. The summed E-state index contributed by atoms with van der Waals surface area (Å²) in [7, 11) is 7.82. The largest absolute Gasteiger partial charge is 0.391 e. The van der Waals surface area contributed by atoms with Crippen molar-refractivity contribution in [2.45, 2.75) is 27.2 Å². The van der Waals surface area contributed by atoms with E-state index in [2.05, 4.69) is 49.4 Å². The first kappa shape index (κ1) is 16.5. The fourth-order valence-electron chi connectivity index (χ4n) is 1.58. The van der Waals surface area contributed by atoms with E-state index in [0.717, 1.165) is 23.4 Å². The first-order chi connectivity index (χ1) is 8.47. The van der Waals surface area contributed by atoms with Crippen LogP contribution in [0.15, 0.2) is 40.2 Å². The zero-order chi connectivity index (χ0) is 14.1. The fraction of sp³-hybridized carbons (Fsp3) is 0.533. The van der Waals surface area contributed by atoms with Crippen molar-refractivity contribution in [3.05, 3.63) is 35.2 Å². The van der Waals surface area contributed by atoms with Gasteiger partial charge < -0.3 is 10.2 Å². The monoisotopic (exact) mass is 249 g/mol. The average Bonchev–Trinajstić information content (AvgIpc) is 2.34. The SMILES string of the molecule is CC/C=C/C(=C\N(C)C)C(=NC)/C(C)=C(\C)NC. The van der Waals surface area contributed by atoms with Gasteiger partial charge in [-0.05, 0) is 25.8 Å². The Hall–Kier alpha value is -1.51. The van der Waals surface area contributed by atoms with Gasteiger partial charge in [-0.25, -0.2) is 0 Å². The maximum absolute atomic E-state index is 4.44. The van der Waals surface area contributed by atoms with Gasteiger partial charge >= 0.3 is 0 Å². The smallest absolute Gasteiger partial charge is 0.0703 e. The molecule has 0 heterocycles. The molecule has 0 unspecified atom stereocenters. The van der Waals surface area contributed by atoms with Gasteiger partial charge in [0, 0.05) is 45.7 Å². The number of hydrogen-bond donors (Lipinski definition) is 1. The van der Waals surface area contributed by atoms with Crippen LogP contribution in [0.3, 0.4) is 0 Å². The summed E-state index contributed by atoms with van der Waals surface area (Å²) in [6.07, 6.45) is 7.41. The third-order valence-corrected chi connectivity index (χ3v) is 2.72. The second kappa shape index (κ2) is 8.56. The van der Waals surface area contributed by atoms with Crippen LogP contribution in [0.2, 0.25) is 0 Å². The summed E-state index contributed by atoms with van der Waals surface area (Å²) in [5.74, 6) is 0. The highest BCUT2D eigenvalue weighted by atomic mass is 15.0. The molecule has 0 amide bonds. The minimum Gasteiger partial charge on any atom is -0.391 e. The molecule has 0 aliphatic heterocycles. The molecule has 0 atom stereocenters. The predicted octanol–water partition coefficient (Wildman–Crippen LogP) is 2.98. The molecule has 3 nitrogen and oxygen atoms in total. The molecule has 0 spiro atoms. The zero-order valence-electron chi connectivity index (χ0n) is 12.8. The Morgan fingerprint density at radius 1 is 1.28 bits per heavy atom. The quantitative estimate of drug-likeness (QED) is 0.579. The van der Waals surface area contributed by atoms with Crippen molar-refractivity contribution in [1.82, 2.24) is 10.2 Å². The predicted molar refractivity (Wildman–Crippen MR) is 82.0 cm³/mol. The van der Waals surface area contributed by atoms with E-state index in [1.807, 2.05) is 33.1 Å². The highest BCUT2D eigenvalue weighted by Crippen LogP contribution is 2.13. The molecule has 0 fully saturated rings. The summed E-state index contributed by atoms with van der Waals surface area (Å²) in [5, 5.41) is 3.18. The van der Waals surface area contributed by atoms with Crippen LogP contribution in [0.5, 0.6) is 0 Å². The van der Waals surface area contributed by atoms with Gasteiger partial charge in [-0.1, -0.05) is 19.1 Å². The minimum atomic E-state index is 1.02. The van der Waals surface area contributed by atoms with Crippen LogP contribution in [-0.4, -0.2) is 38.8 Å². The lowest BCUT2D eigenvalue weighted by Crippen LogP contribution is -2.14. The number of rotatable bonds is 6. The maximum Gasteiger partial charge on any atom is 0.0703 e. The van der Waals surface area contributed by atoms with Crippen molar-refractivity contribution < 1.29 is 0 Å². The van der Waals surface area contributed by atoms with E-state index in [1.165, 1.54) is 5.57 Å². The molecule has 0 aromatic heterocycles. The third kappa shape index (κ3) is 5.21. The third-order valence-electron chi connectivity index (χ3n) is 2.72. The topological polar surface area (TPSA) is 27.6 Å². The lowest BCUT2D eigenvalue weighted by molar-refractivity contribution is 0.562. The molecule has 0 aliphatic carbocycles. The van der Waals surface area contributed by atoms with Gasteiger partial charge in [0.1, 0.15) is 0 Å². The molecule has 0 aromatic rings. The molecule has 102 valence electrons. The normalized spacial score (nSPS) is 14.8. The summed E-state index contributed by atoms with van der Waals surface area (Å²) in [6, 6.07) is 0. The lowest BCUT2D eigenvalue weighted by Gasteiger charge is -2.14. The highest BCUT2D eigenvalue weighted by Gasteiger charge is 2.09. The van der Waals surface area contributed by atoms with Crippen molar-refractivity contribution >= 4 is 5.71 Å². The van der Waals surface area contributed by atoms with Crippen LogP contribution < -0.4 is 5.32 Å². The maximum atomic E-state index is 4.44. The van der Waals surface area contributed by atoms with Gasteiger partial charge in [-0.2, -0.15) is 0 Å². The molecule has 0 bridgehead atoms. The van der Waals surface area contributed by atoms with Crippen LogP contribution in [-0.2, 0) is 0 Å². The fourth-order valence-corrected chi connectivity index (χ4v) is 1.58. The molecule has 0 radical (unpaired) electrons. The van der Waals surface area contributed by atoms with Crippen LogP contribution in [0.25, 0.3) is 0 Å². The van der Waals surface area contributed by atoms with E-state index >= 15 is 0 Å². The van der Waals surface area contributed by atoms with Gasteiger partial charge in [0.05, 0.1) is 5.71 Å². The minimum absolute atomic E-state index is 1.02. The Morgan fingerprint density at radius 2 is 1.89 bits per heavy atom. The van der Waals surface area contributed by atoms with Crippen LogP contribution >= 0.6 is 0 Å². The molecule has 0 aromatic carbocycles. The second-order valence-electron chi connectivity index (χ2n) is 4.43. The van der Waals surface area contributed by atoms with Crippen molar-refractivity contribution in [3.63, 3.8) is 0 Å². The first-order valence-corrected chi connectivity index (χ1v) is 6.35. The standard InChI is InChI=1S/C15H27N3/c1-8-9-10-14(11-18(6)7)15(17-5)12(2)13(3)16-4/h9-11,16H,8H2,1-7H3/b10-9+,13-12+,14-11+,17-15?. The number of aliphatic imine (C=N–C) groups is 1. The Kier molecular flexibility index (Phi) is 7.84. The van der Waals surface area contributed by atoms with Crippen molar-refractivity contribution in [2.24, 2.45) is 4.99 Å². The summed E-state index contributed by atoms with van der Waals surface area (Å²) >= 11 is 0. The Balaban J connectivity index is 5.53. The van der Waals surface area contributed by atoms with E-state index < -0.39 is 0 Å². The Labute approximate surface area is 112 Å². The van der Waals surface area contributed by atoms with Crippen molar-refractivity contribution in [1.29, 1.82) is 0 Å². The molecule has 0 aliphatic rings. The summed E-state index contributed by atoms with van der Waals surface area (Å²) < 4.78 is 0. The lowest BCUT2D eigenvalue weighted by atomic mass is 10.0. The summed E-state index contributed by atoms with van der Waals surface area (Å²) in [5.41, 5.74) is 4.48. The van der Waals surface area contributed by atoms with E-state index in [9.17, 15) is 0 Å². The van der Waals surface area contributed by atoms with E-state index in [0.29, 0.717) is 0 Å². The van der Waals surface area contributed by atoms with Gasteiger partial charge in [0.2, 0.25) is 0 Å². The Bertz CT molecular complexity index is 371. The molecular formula is C15H27N3. The number of nitrogens with one attached hydrogen (secondary N) is 1. The van der Waals surface area contributed by atoms with Crippen LogP contribution in [0.1, 0.15) is 27.2 Å². The van der Waals surface area contributed by atoms with Gasteiger partial charge in [-0.15, -0.1) is 0 Å². The van der Waals surface area contributed by atoms with E-state index in [1.54, 1.807) is 0 Å². The molecule has 0 saturated carbocycles. The second-order valence-corrected chi connectivity index (χ2v) is 4.43. The van der Waals surface area contributed by atoms with E-state index in [-0.39, 0.29) is 0 Å². The van der Waals surface area contributed by atoms with Gasteiger partial charge in [-0.3, -0.25) is 4.99 Å². The van der Waals surface area contributed by atoms with Gasteiger partial charge in [0.15, 0.2) is 0 Å². The van der Waals surface area contributed by atoms with Crippen LogP contribution in [0.4, 0.5) is 0 Å². The summed E-state index contributed by atoms with van der Waals surface area (Å²) in [6.45, 7) is 6.29. The van der Waals surface area contributed by atoms with E-state index in [4.69, 9.17) is 0 Å². The van der Waals surface area contributed by atoms with Crippen molar-refractivity contribution in [3.8, 4) is 0 Å². The molecule has 1 N–H and O–H groups in total. The number of allylic oxidation sites excluding steroid dienone is 5.